The van der Waals surface area contributed by atoms with Crippen LogP contribution in [-0.2, 0) is 14.6 Å². The fourth-order valence-corrected chi connectivity index (χ4v) is 4.21. The van der Waals surface area contributed by atoms with Crippen LogP contribution < -0.4 is 5.32 Å². The second kappa shape index (κ2) is 6.97. The Bertz CT molecular complexity index is 650. The van der Waals surface area contributed by atoms with E-state index >= 15 is 0 Å². The summed E-state index contributed by atoms with van der Waals surface area (Å²) in [7, 11) is -3.65. The Morgan fingerprint density at radius 1 is 1.26 bits per heavy atom. The molecule has 5 nitrogen and oxygen atoms in total. The monoisotopic (exact) mass is 342 g/mol. The van der Waals surface area contributed by atoms with E-state index in [2.05, 4.69) is 5.32 Å². The predicted molar refractivity (Wildman–Crippen MR) is 86.3 cm³/mol. The topological polar surface area (TPSA) is 66.5 Å². The molecule has 1 amide bonds. The zero-order chi connectivity index (χ0) is 17.2. The van der Waals surface area contributed by atoms with Crippen molar-refractivity contribution in [2.75, 3.05) is 13.1 Å². The first-order chi connectivity index (χ1) is 10.7. The molecule has 1 heterocycles. The van der Waals surface area contributed by atoms with Crippen LogP contribution >= 0.6 is 0 Å². The average Bonchev–Trinajstić information content (AvgIpc) is 2.46. The maximum absolute atomic E-state index is 12.9. The van der Waals surface area contributed by atoms with Crippen molar-refractivity contribution in [3.8, 4) is 0 Å². The van der Waals surface area contributed by atoms with Crippen molar-refractivity contribution in [3.05, 3.63) is 30.1 Å². The summed E-state index contributed by atoms with van der Waals surface area (Å²) in [5, 5.41) is 2.48. The van der Waals surface area contributed by atoms with E-state index in [1.54, 1.807) is 4.90 Å². The van der Waals surface area contributed by atoms with Crippen LogP contribution in [0.4, 0.5) is 4.39 Å². The molecule has 0 saturated carbocycles. The van der Waals surface area contributed by atoms with E-state index in [0.717, 1.165) is 12.1 Å². The van der Waals surface area contributed by atoms with Gasteiger partial charge in [-0.2, -0.15) is 0 Å². The number of amides is 1. The molecule has 1 aliphatic rings. The summed E-state index contributed by atoms with van der Waals surface area (Å²) in [5.74, 6) is -0.653. The fraction of sp³-hybridized carbons (Fsp3) is 0.562. The van der Waals surface area contributed by atoms with Crippen LogP contribution in [0.15, 0.2) is 29.2 Å². The minimum atomic E-state index is -3.65. The molecule has 1 aliphatic heterocycles. The summed E-state index contributed by atoms with van der Waals surface area (Å²) in [4.78, 5) is 14.2. The first-order valence-electron chi connectivity index (χ1n) is 7.73. The van der Waals surface area contributed by atoms with Gasteiger partial charge in [0.2, 0.25) is 5.91 Å². The number of carbonyl (C=O) groups excluding carboxylic acids is 1. The summed E-state index contributed by atoms with van der Waals surface area (Å²) < 4.78 is 37.9. The standard InChI is InChI=1S/C16H23FN2O3S/c1-11-9-19(10-12(2)18-11)16(20)8-13(3)23(21,22)15-6-4-14(17)5-7-15/h4-7,11-13,18H,8-10H2,1-3H3/t11-,12+,13-/m0/s1. The number of rotatable bonds is 4. The molecule has 1 aromatic carbocycles. The van der Waals surface area contributed by atoms with Crippen molar-refractivity contribution in [2.24, 2.45) is 0 Å². The first-order valence-corrected chi connectivity index (χ1v) is 9.28. The summed E-state index contributed by atoms with van der Waals surface area (Å²) in [5.41, 5.74) is 0. The summed E-state index contributed by atoms with van der Waals surface area (Å²) in [6.45, 7) is 6.66. The van der Waals surface area contributed by atoms with Gasteiger partial charge < -0.3 is 10.2 Å². The largest absolute Gasteiger partial charge is 0.340 e. The number of hydrogen-bond donors (Lipinski definition) is 1. The average molecular weight is 342 g/mol. The minimum absolute atomic E-state index is 0.0428. The van der Waals surface area contributed by atoms with Gasteiger partial charge in [0.25, 0.3) is 0 Å². The van der Waals surface area contributed by atoms with Gasteiger partial charge in [-0.3, -0.25) is 4.79 Å². The maximum atomic E-state index is 12.9. The van der Waals surface area contributed by atoms with E-state index < -0.39 is 20.9 Å². The third-order valence-corrected chi connectivity index (χ3v) is 6.20. The summed E-state index contributed by atoms with van der Waals surface area (Å²) in [6, 6.07) is 5.07. The van der Waals surface area contributed by atoms with Gasteiger partial charge in [-0.05, 0) is 45.0 Å². The van der Waals surface area contributed by atoms with Crippen LogP contribution in [0.25, 0.3) is 0 Å². The normalized spacial score (nSPS) is 23.6. The highest BCUT2D eigenvalue weighted by Gasteiger charge is 2.30. The lowest BCUT2D eigenvalue weighted by molar-refractivity contribution is -0.132. The summed E-state index contributed by atoms with van der Waals surface area (Å²) >= 11 is 0. The van der Waals surface area contributed by atoms with Gasteiger partial charge in [0, 0.05) is 31.6 Å². The van der Waals surface area contributed by atoms with E-state index in [1.165, 1.54) is 19.1 Å². The number of hydrogen-bond acceptors (Lipinski definition) is 4. The van der Waals surface area contributed by atoms with Gasteiger partial charge >= 0.3 is 0 Å². The van der Waals surface area contributed by atoms with Crippen LogP contribution in [0.2, 0.25) is 0 Å². The number of benzene rings is 1. The van der Waals surface area contributed by atoms with Gasteiger partial charge in [0.1, 0.15) is 5.82 Å². The molecule has 1 saturated heterocycles. The lowest BCUT2D eigenvalue weighted by atomic mass is 10.1. The molecule has 1 fully saturated rings. The maximum Gasteiger partial charge on any atom is 0.223 e. The van der Waals surface area contributed by atoms with Gasteiger partial charge in [0.05, 0.1) is 10.1 Å². The Morgan fingerprint density at radius 3 is 2.30 bits per heavy atom. The van der Waals surface area contributed by atoms with E-state index in [4.69, 9.17) is 0 Å². The minimum Gasteiger partial charge on any atom is -0.340 e. The Kier molecular flexibility index (Phi) is 5.41. The molecule has 23 heavy (non-hydrogen) atoms. The zero-order valence-electron chi connectivity index (χ0n) is 13.6. The zero-order valence-corrected chi connectivity index (χ0v) is 14.4. The fourth-order valence-electron chi connectivity index (χ4n) is 2.87. The number of carbonyl (C=O) groups is 1. The molecule has 1 aromatic rings. The van der Waals surface area contributed by atoms with Gasteiger partial charge in [-0.15, -0.1) is 0 Å². The molecular weight excluding hydrogens is 319 g/mol. The molecule has 0 aliphatic carbocycles. The molecule has 2 rings (SSSR count). The highest BCUT2D eigenvalue weighted by Crippen LogP contribution is 2.20. The number of nitrogens with one attached hydrogen (secondary N) is 1. The van der Waals surface area contributed by atoms with Crippen LogP contribution in [0.5, 0.6) is 0 Å². The molecule has 128 valence electrons. The van der Waals surface area contributed by atoms with Crippen molar-refractivity contribution in [2.45, 2.75) is 49.4 Å². The number of nitrogens with zero attached hydrogens (tertiary/aromatic N) is 1. The highest BCUT2D eigenvalue weighted by molar-refractivity contribution is 7.92. The Morgan fingerprint density at radius 2 is 1.78 bits per heavy atom. The predicted octanol–water partition coefficient (Wildman–Crippen LogP) is 1.59. The third kappa shape index (κ3) is 4.29. The van der Waals surface area contributed by atoms with Gasteiger partial charge in [-0.1, -0.05) is 0 Å². The molecule has 0 radical (unpaired) electrons. The molecule has 3 atom stereocenters. The highest BCUT2D eigenvalue weighted by atomic mass is 32.2. The Hall–Kier alpha value is -1.47. The molecule has 0 aromatic heterocycles. The quantitative estimate of drug-likeness (QED) is 0.844. The summed E-state index contributed by atoms with van der Waals surface area (Å²) in [6.07, 6.45) is -0.0703. The smallest absolute Gasteiger partial charge is 0.223 e. The number of sulfone groups is 1. The second-order valence-electron chi connectivity index (χ2n) is 6.28. The van der Waals surface area contributed by atoms with E-state index in [0.29, 0.717) is 13.1 Å². The van der Waals surface area contributed by atoms with Crippen molar-refractivity contribution >= 4 is 15.7 Å². The van der Waals surface area contributed by atoms with Crippen LogP contribution in [0.3, 0.4) is 0 Å². The van der Waals surface area contributed by atoms with E-state index in [1.807, 2.05) is 13.8 Å². The number of piperazine rings is 1. The van der Waals surface area contributed by atoms with Gasteiger partial charge in [-0.25, -0.2) is 12.8 Å². The van der Waals surface area contributed by atoms with Crippen molar-refractivity contribution in [3.63, 3.8) is 0 Å². The Labute approximate surface area is 136 Å². The molecule has 0 spiro atoms. The molecule has 0 unspecified atom stereocenters. The molecular formula is C16H23FN2O3S. The third-order valence-electron chi connectivity index (χ3n) is 4.04. The van der Waals surface area contributed by atoms with E-state index in [-0.39, 0.29) is 29.3 Å². The molecule has 0 bridgehead atoms. The lowest BCUT2D eigenvalue weighted by Crippen LogP contribution is -2.56. The van der Waals surface area contributed by atoms with Crippen LogP contribution in [0.1, 0.15) is 27.2 Å². The van der Waals surface area contributed by atoms with Crippen molar-refractivity contribution in [1.29, 1.82) is 0 Å². The molecule has 7 heteroatoms. The lowest BCUT2D eigenvalue weighted by Gasteiger charge is -2.36. The van der Waals surface area contributed by atoms with Gasteiger partial charge in [0.15, 0.2) is 9.84 Å². The van der Waals surface area contributed by atoms with E-state index in [9.17, 15) is 17.6 Å². The Balaban J connectivity index is 2.06. The van der Waals surface area contributed by atoms with Crippen molar-refractivity contribution < 1.29 is 17.6 Å². The first kappa shape index (κ1) is 17.9. The molecule has 1 N–H and O–H groups in total. The van der Waals surface area contributed by atoms with Crippen LogP contribution in [-0.4, -0.2) is 49.6 Å². The van der Waals surface area contributed by atoms with Crippen LogP contribution in [0, 0.1) is 5.82 Å². The number of halogens is 1. The second-order valence-corrected chi connectivity index (χ2v) is 8.65. The van der Waals surface area contributed by atoms with Crippen molar-refractivity contribution in [1.82, 2.24) is 10.2 Å². The SMILES string of the molecule is C[C@@H]1CN(C(=O)C[C@H](C)S(=O)(=O)c2ccc(F)cc2)C[C@H](C)N1.